The minimum atomic E-state index is -0.745. The molecule has 0 spiro atoms. The Morgan fingerprint density at radius 2 is 2.05 bits per heavy atom. The summed E-state index contributed by atoms with van der Waals surface area (Å²) in [7, 11) is 0. The second kappa shape index (κ2) is 6.41. The number of hydrogen-bond acceptors (Lipinski definition) is 2. The third-order valence-electron chi connectivity index (χ3n) is 4.79. The maximum Gasteiger partial charge on any atom is 0.163 e. The Labute approximate surface area is 125 Å². The molecule has 3 rings (SSSR count). The average Bonchev–Trinajstić information content (AvgIpc) is 3.33. The highest BCUT2D eigenvalue weighted by Crippen LogP contribution is 2.35. The smallest absolute Gasteiger partial charge is 0.163 e. The molecule has 2 unspecified atom stereocenters. The van der Waals surface area contributed by atoms with Gasteiger partial charge in [0, 0.05) is 30.2 Å². The number of halogens is 2. The summed E-state index contributed by atoms with van der Waals surface area (Å²) in [6.45, 7) is 4.01. The maximum atomic E-state index is 14.1. The fraction of sp³-hybridized carbons (Fsp3) is 0.647. The number of hydrogen-bond donors (Lipinski definition) is 1. The van der Waals surface area contributed by atoms with Gasteiger partial charge in [-0.05, 0) is 45.2 Å². The van der Waals surface area contributed by atoms with E-state index in [-0.39, 0.29) is 6.04 Å². The predicted molar refractivity (Wildman–Crippen MR) is 80.1 cm³/mol. The lowest BCUT2D eigenvalue weighted by Crippen LogP contribution is -2.45. The van der Waals surface area contributed by atoms with E-state index in [2.05, 4.69) is 10.2 Å². The van der Waals surface area contributed by atoms with Crippen molar-refractivity contribution in [2.45, 2.75) is 57.2 Å². The molecular weight excluding hydrogens is 270 g/mol. The second-order valence-electron chi connectivity index (χ2n) is 6.39. The van der Waals surface area contributed by atoms with Crippen LogP contribution in [0, 0.1) is 11.6 Å². The van der Waals surface area contributed by atoms with Crippen LogP contribution >= 0.6 is 0 Å². The summed E-state index contributed by atoms with van der Waals surface area (Å²) in [5, 5.41) is 3.56. The first-order chi connectivity index (χ1) is 10.2. The quantitative estimate of drug-likeness (QED) is 0.892. The van der Waals surface area contributed by atoms with Crippen molar-refractivity contribution in [2.24, 2.45) is 0 Å². The van der Waals surface area contributed by atoms with Gasteiger partial charge in [0.1, 0.15) is 0 Å². The van der Waals surface area contributed by atoms with Gasteiger partial charge in [0.25, 0.3) is 0 Å². The Hall–Kier alpha value is -1.00. The van der Waals surface area contributed by atoms with Crippen molar-refractivity contribution in [1.29, 1.82) is 0 Å². The zero-order valence-electron chi connectivity index (χ0n) is 12.6. The molecule has 1 heterocycles. The van der Waals surface area contributed by atoms with Crippen LogP contribution in [0.5, 0.6) is 0 Å². The van der Waals surface area contributed by atoms with E-state index in [0.29, 0.717) is 17.6 Å². The highest BCUT2D eigenvalue weighted by molar-refractivity contribution is 5.22. The van der Waals surface area contributed by atoms with Gasteiger partial charge in [0.05, 0.1) is 0 Å². The van der Waals surface area contributed by atoms with Crippen molar-refractivity contribution in [3.8, 4) is 0 Å². The van der Waals surface area contributed by atoms with Crippen LogP contribution in [0.3, 0.4) is 0 Å². The lowest BCUT2D eigenvalue weighted by molar-refractivity contribution is 0.163. The zero-order chi connectivity index (χ0) is 14.8. The van der Waals surface area contributed by atoms with E-state index in [1.54, 1.807) is 12.1 Å². The van der Waals surface area contributed by atoms with Crippen LogP contribution in [0.15, 0.2) is 18.2 Å². The van der Waals surface area contributed by atoms with E-state index < -0.39 is 11.6 Å². The van der Waals surface area contributed by atoms with Gasteiger partial charge in [-0.1, -0.05) is 18.6 Å². The molecule has 1 N–H and O–H groups in total. The first-order valence-corrected chi connectivity index (χ1v) is 8.10. The van der Waals surface area contributed by atoms with E-state index in [0.717, 1.165) is 13.1 Å². The Balaban J connectivity index is 1.75. The Kier molecular flexibility index (Phi) is 4.55. The molecule has 21 heavy (non-hydrogen) atoms. The van der Waals surface area contributed by atoms with Crippen LogP contribution in [0.2, 0.25) is 0 Å². The van der Waals surface area contributed by atoms with Gasteiger partial charge in [-0.2, -0.15) is 0 Å². The maximum absolute atomic E-state index is 14.1. The van der Waals surface area contributed by atoms with E-state index >= 15 is 0 Å². The van der Waals surface area contributed by atoms with Crippen molar-refractivity contribution in [1.82, 2.24) is 10.2 Å². The normalized spacial score (nSPS) is 24.3. The van der Waals surface area contributed by atoms with E-state index in [4.69, 9.17) is 0 Å². The first-order valence-electron chi connectivity index (χ1n) is 8.10. The minimum absolute atomic E-state index is 0.0723. The van der Waals surface area contributed by atoms with Gasteiger partial charge in [-0.15, -0.1) is 0 Å². The minimum Gasteiger partial charge on any atom is -0.313 e. The molecule has 1 aromatic rings. The molecular formula is C17H24F2N2. The van der Waals surface area contributed by atoms with E-state index in [9.17, 15) is 8.78 Å². The molecule has 1 aliphatic heterocycles. The highest BCUT2D eigenvalue weighted by atomic mass is 19.2. The van der Waals surface area contributed by atoms with Gasteiger partial charge >= 0.3 is 0 Å². The molecule has 2 aliphatic rings. The topological polar surface area (TPSA) is 15.3 Å². The molecule has 1 aliphatic carbocycles. The van der Waals surface area contributed by atoms with E-state index in [1.165, 1.54) is 38.2 Å². The molecule has 2 nitrogen and oxygen atoms in total. The molecule has 0 aromatic heterocycles. The van der Waals surface area contributed by atoms with Gasteiger partial charge < -0.3 is 5.32 Å². The molecule has 2 atom stereocenters. The van der Waals surface area contributed by atoms with E-state index in [1.807, 2.05) is 6.92 Å². The van der Waals surface area contributed by atoms with Gasteiger partial charge in [0.2, 0.25) is 0 Å². The summed E-state index contributed by atoms with van der Waals surface area (Å²) in [6.07, 6.45) is 6.04. The van der Waals surface area contributed by atoms with Crippen molar-refractivity contribution in [3.63, 3.8) is 0 Å². The standard InChI is InChI=1S/C17H24F2N2/c1-12(15-6-4-7-16(18)17(15)19)21(14-8-9-14)11-13-5-2-3-10-20-13/h4,6-7,12-14,20H,2-3,5,8-11H2,1H3. The SMILES string of the molecule is CC(c1cccc(F)c1F)N(CC1CCCCN1)C1CC1. The molecule has 4 heteroatoms. The predicted octanol–water partition coefficient (Wildman–Crippen LogP) is 3.63. The molecule has 1 saturated heterocycles. The fourth-order valence-corrected chi connectivity index (χ4v) is 3.39. The number of nitrogens with zero attached hydrogens (tertiary/aromatic N) is 1. The summed E-state index contributed by atoms with van der Waals surface area (Å²) in [5.41, 5.74) is 0.484. The number of benzene rings is 1. The van der Waals surface area contributed by atoms with Crippen molar-refractivity contribution < 1.29 is 8.78 Å². The third kappa shape index (κ3) is 3.43. The summed E-state index contributed by atoms with van der Waals surface area (Å²) >= 11 is 0. The van der Waals surface area contributed by atoms with Gasteiger partial charge in [-0.25, -0.2) is 8.78 Å². The first kappa shape index (κ1) is 14.9. The summed E-state index contributed by atoms with van der Waals surface area (Å²) in [5.74, 6) is -1.43. The Morgan fingerprint density at radius 3 is 2.71 bits per heavy atom. The van der Waals surface area contributed by atoms with Crippen molar-refractivity contribution >= 4 is 0 Å². The second-order valence-corrected chi connectivity index (χ2v) is 6.39. The summed E-state index contributed by atoms with van der Waals surface area (Å²) < 4.78 is 27.5. The monoisotopic (exact) mass is 294 g/mol. The van der Waals surface area contributed by atoms with Crippen molar-refractivity contribution in [2.75, 3.05) is 13.1 Å². The summed E-state index contributed by atoms with van der Waals surface area (Å²) in [4.78, 5) is 2.36. The fourth-order valence-electron chi connectivity index (χ4n) is 3.39. The molecule has 0 amide bonds. The van der Waals surface area contributed by atoms with Crippen LogP contribution in [0.25, 0.3) is 0 Å². The molecule has 1 saturated carbocycles. The Bertz CT molecular complexity index is 482. The average molecular weight is 294 g/mol. The van der Waals surface area contributed by atoms with Gasteiger partial charge in [-0.3, -0.25) is 4.90 Å². The number of nitrogens with one attached hydrogen (secondary N) is 1. The molecule has 116 valence electrons. The third-order valence-corrected chi connectivity index (χ3v) is 4.79. The summed E-state index contributed by atoms with van der Waals surface area (Å²) in [6, 6.07) is 5.46. The molecule has 2 fully saturated rings. The molecule has 0 radical (unpaired) electrons. The van der Waals surface area contributed by atoms with Crippen LogP contribution in [0.4, 0.5) is 8.78 Å². The molecule has 0 bridgehead atoms. The largest absolute Gasteiger partial charge is 0.313 e. The lowest BCUT2D eigenvalue weighted by atomic mass is 10.0. The molecule has 1 aromatic carbocycles. The van der Waals surface area contributed by atoms with Crippen LogP contribution < -0.4 is 5.32 Å². The van der Waals surface area contributed by atoms with Crippen LogP contribution in [0.1, 0.15) is 50.6 Å². The highest BCUT2D eigenvalue weighted by Gasteiger charge is 2.35. The number of rotatable bonds is 5. The zero-order valence-corrected chi connectivity index (χ0v) is 12.6. The Morgan fingerprint density at radius 1 is 1.24 bits per heavy atom. The lowest BCUT2D eigenvalue weighted by Gasteiger charge is -2.35. The van der Waals surface area contributed by atoms with Crippen LogP contribution in [-0.4, -0.2) is 30.1 Å². The van der Waals surface area contributed by atoms with Gasteiger partial charge in [0.15, 0.2) is 11.6 Å². The number of piperidine rings is 1. The van der Waals surface area contributed by atoms with Crippen molar-refractivity contribution in [3.05, 3.63) is 35.4 Å². The van der Waals surface area contributed by atoms with Crippen LogP contribution in [-0.2, 0) is 0 Å².